The van der Waals surface area contributed by atoms with E-state index in [9.17, 15) is 9.59 Å². The molecule has 2 rings (SSSR count). The van der Waals surface area contributed by atoms with Crippen LogP contribution in [0.5, 0.6) is 0 Å². The van der Waals surface area contributed by atoms with E-state index in [1.807, 2.05) is 26.1 Å². The van der Waals surface area contributed by atoms with Gasteiger partial charge in [0.1, 0.15) is 5.56 Å². The van der Waals surface area contributed by atoms with E-state index in [1.54, 1.807) is 22.7 Å². The zero-order valence-electron chi connectivity index (χ0n) is 18.7. The quantitative estimate of drug-likeness (QED) is 0.415. The minimum absolute atomic E-state index is 0.00566. The lowest BCUT2D eigenvalue weighted by molar-refractivity contribution is -0.123. The van der Waals surface area contributed by atoms with E-state index >= 15 is 0 Å². The number of carbonyl (C=O) groups is 2. The number of esters is 1. The maximum Gasteiger partial charge on any atom is 0.343 e. The number of anilines is 1. The number of carbonyl (C=O) groups excluding carboxylic acids is 2. The highest BCUT2D eigenvalue weighted by molar-refractivity contribution is 6.02. The molecule has 1 heterocycles. The van der Waals surface area contributed by atoms with Crippen molar-refractivity contribution in [3.05, 3.63) is 17.8 Å². The lowest BCUT2D eigenvalue weighted by Gasteiger charge is -2.32. The van der Waals surface area contributed by atoms with Crippen LogP contribution in [0.1, 0.15) is 89.9 Å². The van der Waals surface area contributed by atoms with E-state index in [0.29, 0.717) is 17.3 Å². The van der Waals surface area contributed by atoms with Crippen molar-refractivity contribution in [1.29, 1.82) is 0 Å². The maximum atomic E-state index is 13.4. The van der Waals surface area contributed by atoms with Gasteiger partial charge in [-0.15, -0.1) is 5.10 Å². The Morgan fingerprint density at radius 3 is 2.55 bits per heavy atom. The number of aromatic nitrogens is 2. The van der Waals surface area contributed by atoms with E-state index in [2.05, 4.69) is 18.9 Å². The SMILES string of the molecule is CCCC/C=C/n1cc(C(=O)OCC)c(N(C(=O)[C@H]2CC[C@H](C)CC2)C(C)C)n1. The van der Waals surface area contributed by atoms with Crippen molar-refractivity contribution >= 4 is 23.9 Å². The summed E-state index contributed by atoms with van der Waals surface area (Å²) in [5.41, 5.74) is 0.346. The third kappa shape index (κ3) is 6.18. The van der Waals surface area contributed by atoms with E-state index in [0.717, 1.165) is 44.9 Å². The van der Waals surface area contributed by atoms with Gasteiger partial charge < -0.3 is 4.74 Å². The summed E-state index contributed by atoms with van der Waals surface area (Å²) < 4.78 is 6.87. The van der Waals surface area contributed by atoms with Crippen molar-refractivity contribution < 1.29 is 14.3 Å². The maximum absolute atomic E-state index is 13.4. The molecule has 1 aromatic rings. The van der Waals surface area contributed by atoms with E-state index in [-0.39, 0.29) is 24.5 Å². The molecule has 0 aromatic carbocycles. The smallest absolute Gasteiger partial charge is 0.343 e. The Morgan fingerprint density at radius 1 is 1.28 bits per heavy atom. The number of amides is 1. The second-order valence-corrected chi connectivity index (χ2v) is 8.35. The molecule has 1 aliphatic rings. The highest BCUT2D eigenvalue weighted by atomic mass is 16.5. The summed E-state index contributed by atoms with van der Waals surface area (Å²) in [5, 5.41) is 4.60. The van der Waals surface area contributed by atoms with Gasteiger partial charge in [-0.3, -0.25) is 9.69 Å². The Kier molecular flexibility index (Phi) is 8.93. The summed E-state index contributed by atoms with van der Waals surface area (Å²) in [5.74, 6) is 0.703. The molecule has 162 valence electrons. The van der Waals surface area contributed by atoms with Crippen LogP contribution in [0.3, 0.4) is 0 Å². The number of allylic oxidation sites excluding steroid dienone is 1. The number of nitrogens with zero attached hydrogens (tertiary/aromatic N) is 3. The molecule has 0 bridgehead atoms. The van der Waals surface area contributed by atoms with Gasteiger partial charge >= 0.3 is 5.97 Å². The topological polar surface area (TPSA) is 64.4 Å². The second kappa shape index (κ2) is 11.2. The number of hydrogen-bond acceptors (Lipinski definition) is 4. The molecule has 6 heteroatoms. The summed E-state index contributed by atoms with van der Waals surface area (Å²) in [7, 11) is 0. The lowest BCUT2D eigenvalue weighted by atomic mass is 9.82. The Labute approximate surface area is 175 Å². The molecule has 6 nitrogen and oxygen atoms in total. The third-order valence-electron chi connectivity index (χ3n) is 5.54. The van der Waals surface area contributed by atoms with Gasteiger partial charge in [-0.25, -0.2) is 9.48 Å². The number of rotatable bonds is 9. The molecule has 1 saturated carbocycles. The van der Waals surface area contributed by atoms with Crippen LogP contribution in [0.4, 0.5) is 5.82 Å². The Hall–Kier alpha value is -2.11. The molecule has 0 spiro atoms. The first-order valence-corrected chi connectivity index (χ1v) is 11.1. The first-order valence-electron chi connectivity index (χ1n) is 11.1. The monoisotopic (exact) mass is 403 g/mol. The van der Waals surface area contributed by atoms with Crippen LogP contribution < -0.4 is 4.90 Å². The summed E-state index contributed by atoms with van der Waals surface area (Å²) >= 11 is 0. The summed E-state index contributed by atoms with van der Waals surface area (Å²) in [6.07, 6.45) is 12.7. The predicted octanol–water partition coefficient (Wildman–Crippen LogP) is 5.29. The predicted molar refractivity (Wildman–Crippen MR) is 117 cm³/mol. The largest absolute Gasteiger partial charge is 0.462 e. The van der Waals surface area contributed by atoms with Gasteiger partial charge in [-0.1, -0.05) is 32.8 Å². The van der Waals surface area contributed by atoms with Gasteiger partial charge in [0, 0.05) is 24.4 Å². The standard InChI is InChI=1S/C23H37N3O3/c1-6-8-9-10-15-25-16-20(23(28)29-7-2)21(24-25)26(17(3)4)22(27)19-13-11-18(5)12-14-19/h10,15-19H,6-9,11-14H2,1-5H3/b15-10+/t18-,19-. The van der Waals surface area contributed by atoms with Crippen molar-refractivity contribution in [1.82, 2.24) is 9.78 Å². The van der Waals surface area contributed by atoms with E-state index in [1.165, 1.54) is 0 Å². The van der Waals surface area contributed by atoms with E-state index < -0.39 is 5.97 Å². The molecule has 1 aliphatic carbocycles. The van der Waals surface area contributed by atoms with Crippen LogP contribution in [0, 0.1) is 11.8 Å². The first kappa shape index (κ1) is 23.2. The van der Waals surface area contributed by atoms with Gasteiger partial charge in [-0.2, -0.15) is 0 Å². The summed E-state index contributed by atoms with van der Waals surface area (Å²) in [4.78, 5) is 27.7. The van der Waals surface area contributed by atoms with E-state index in [4.69, 9.17) is 4.74 Å². The van der Waals surface area contributed by atoms with Crippen molar-refractivity contribution in [2.45, 2.75) is 85.6 Å². The molecule has 0 unspecified atom stereocenters. The van der Waals surface area contributed by atoms with Gasteiger partial charge in [-0.05, 0) is 58.8 Å². The molecule has 0 radical (unpaired) electrons. The molecule has 1 fully saturated rings. The fourth-order valence-electron chi connectivity index (χ4n) is 3.80. The van der Waals surface area contributed by atoms with Crippen molar-refractivity contribution in [3.8, 4) is 0 Å². The zero-order chi connectivity index (χ0) is 21.4. The highest BCUT2D eigenvalue weighted by Crippen LogP contribution is 2.32. The minimum Gasteiger partial charge on any atom is -0.462 e. The third-order valence-corrected chi connectivity index (χ3v) is 5.54. The van der Waals surface area contributed by atoms with Crippen LogP contribution in [0.25, 0.3) is 6.20 Å². The van der Waals surface area contributed by atoms with Crippen LogP contribution >= 0.6 is 0 Å². The Balaban J connectivity index is 2.34. The summed E-state index contributed by atoms with van der Waals surface area (Å²) in [6, 6.07) is -0.0950. The normalized spacial score (nSPS) is 19.7. The highest BCUT2D eigenvalue weighted by Gasteiger charge is 2.34. The molecule has 1 aromatic heterocycles. The van der Waals surface area contributed by atoms with Crippen molar-refractivity contribution in [2.24, 2.45) is 11.8 Å². The minimum atomic E-state index is -0.438. The van der Waals surface area contributed by atoms with Gasteiger partial charge in [0.25, 0.3) is 0 Å². The van der Waals surface area contributed by atoms with Crippen molar-refractivity contribution in [3.63, 3.8) is 0 Å². The van der Waals surface area contributed by atoms with Gasteiger partial charge in [0.05, 0.1) is 6.61 Å². The molecule has 29 heavy (non-hydrogen) atoms. The van der Waals surface area contributed by atoms with Crippen LogP contribution in [-0.2, 0) is 9.53 Å². The average molecular weight is 404 g/mol. The second-order valence-electron chi connectivity index (χ2n) is 8.35. The number of hydrogen-bond donors (Lipinski definition) is 0. The first-order chi connectivity index (χ1) is 13.9. The average Bonchev–Trinajstić information content (AvgIpc) is 3.09. The van der Waals surface area contributed by atoms with Crippen LogP contribution in [-0.4, -0.2) is 34.3 Å². The van der Waals surface area contributed by atoms with Crippen LogP contribution in [0.2, 0.25) is 0 Å². The van der Waals surface area contributed by atoms with Gasteiger partial charge in [0.2, 0.25) is 5.91 Å². The molecular weight excluding hydrogens is 366 g/mol. The molecule has 0 saturated heterocycles. The number of ether oxygens (including phenoxy) is 1. The molecular formula is C23H37N3O3. The molecule has 0 atom stereocenters. The van der Waals surface area contributed by atoms with Crippen LogP contribution in [0.15, 0.2) is 12.3 Å². The fourth-order valence-corrected chi connectivity index (χ4v) is 3.80. The Morgan fingerprint density at radius 2 is 1.97 bits per heavy atom. The molecule has 0 N–H and O–H groups in total. The summed E-state index contributed by atoms with van der Waals surface area (Å²) in [6.45, 7) is 10.4. The molecule has 0 aliphatic heterocycles. The molecule has 1 amide bonds. The fraction of sp³-hybridized carbons (Fsp3) is 0.696. The Bertz CT molecular complexity index is 700. The number of unbranched alkanes of at least 4 members (excludes halogenated alkanes) is 2. The zero-order valence-corrected chi connectivity index (χ0v) is 18.7. The van der Waals surface area contributed by atoms with Gasteiger partial charge in [0.15, 0.2) is 5.82 Å². The van der Waals surface area contributed by atoms with Crippen molar-refractivity contribution in [2.75, 3.05) is 11.5 Å². The lowest BCUT2D eigenvalue weighted by Crippen LogP contribution is -2.43.